The molecule has 0 saturated carbocycles. The van der Waals surface area contributed by atoms with Crippen LogP contribution in [0, 0.1) is 27.7 Å². The van der Waals surface area contributed by atoms with Crippen LogP contribution < -0.4 is 0 Å². The van der Waals surface area contributed by atoms with Gasteiger partial charge in [-0.2, -0.15) is 0 Å². The normalized spacial score (nSPS) is 10.7. The number of hydrogen-bond donors (Lipinski definition) is 1. The molecule has 94 valence electrons. The lowest BCUT2D eigenvalue weighted by atomic mass is 9.94. The van der Waals surface area contributed by atoms with Gasteiger partial charge in [0.1, 0.15) is 5.75 Å². The van der Waals surface area contributed by atoms with Crippen LogP contribution in [0.2, 0.25) is 0 Å². The molecule has 1 nitrogen and oxygen atoms in total. The first-order valence-electron chi connectivity index (χ1n) is 5.97. The van der Waals surface area contributed by atoms with Gasteiger partial charge in [0, 0.05) is 4.47 Å². The van der Waals surface area contributed by atoms with Gasteiger partial charge in [-0.15, -0.1) is 0 Å². The zero-order chi connectivity index (χ0) is 13.4. The fourth-order valence-electron chi connectivity index (χ4n) is 2.21. The number of aryl methyl sites for hydroxylation is 4. The van der Waals surface area contributed by atoms with Crippen molar-refractivity contribution in [3.63, 3.8) is 0 Å². The van der Waals surface area contributed by atoms with Gasteiger partial charge in [0.2, 0.25) is 0 Å². The Kier molecular flexibility index (Phi) is 3.49. The average molecular weight is 305 g/mol. The third-order valence-corrected chi connectivity index (χ3v) is 4.19. The van der Waals surface area contributed by atoms with E-state index in [1.165, 1.54) is 22.3 Å². The SMILES string of the molecule is Cc1cc(-c2cc(Br)c(C)cc2C)c(C)cc1O. The molecule has 0 radical (unpaired) electrons. The number of aromatic hydroxyl groups is 1. The molecule has 2 aromatic carbocycles. The standard InChI is InChI=1S/C16H17BrO/c1-9-5-11(3)15(17)8-14(9)13-6-12(4)16(18)7-10(13)2/h5-8,18H,1-4H3. The van der Waals surface area contributed by atoms with Crippen molar-refractivity contribution in [1.29, 1.82) is 0 Å². The predicted octanol–water partition coefficient (Wildman–Crippen LogP) is 5.06. The zero-order valence-corrected chi connectivity index (χ0v) is 12.7. The van der Waals surface area contributed by atoms with Gasteiger partial charge in [-0.1, -0.05) is 22.0 Å². The Labute approximate surface area is 117 Å². The van der Waals surface area contributed by atoms with Gasteiger partial charge < -0.3 is 5.11 Å². The molecular weight excluding hydrogens is 288 g/mol. The van der Waals surface area contributed by atoms with E-state index >= 15 is 0 Å². The number of halogens is 1. The second-order valence-electron chi connectivity index (χ2n) is 4.87. The van der Waals surface area contributed by atoms with Gasteiger partial charge in [0.15, 0.2) is 0 Å². The molecule has 0 aliphatic rings. The van der Waals surface area contributed by atoms with Gasteiger partial charge in [-0.25, -0.2) is 0 Å². The number of rotatable bonds is 1. The molecule has 2 rings (SSSR count). The summed E-state index contributed by atoms with van der Waals surface area (Å²) in [6.07, 6.45) is 0. The van der Waals surface area contributed by atoms with Crippen LogP contribution in [-0.4, -0.2) is 5.11 Å². The Morgan fingerprint density at radius 1 is 0.722 bits per heavy atom. The van der Waals surface area contributed by atoms with E-state index in [0.29, 0.717) is 5.75 Å². The molecule has 0 unspecified atom stereocenters. The van der Waals surface area contributed by atoms with Gasteiger partial charge in [0.05, 0.1) is 0 Å². The van der Waals surface area contributed by atoms with E-state index in [1.54, 1.807) is 0 Å². The lowest BCUT2D eigenvalue weighted by Crippen LogP contribution is -1.91. The summed E-state index contributed by atoms with van der Waals surface area (Å²) in [5, 5.41) is 9.73. The first-order chi connectivity index (χ1) is 8.40. The molecule has 0 amide bonds. The van der Waals surface area contributed by atoms with Crippen molar-refractivity contribution in [3.8, 4) is 16.9 Å². The largest absolute Gasteiger partial charge is 0.508 e. The van der Waals surface area contributed by atoms with Crippen LogP contribution >= 0.6 is 15.9 Å². The number of hydrogen-bond acceptors (Lipinski definition) is 1. The van der Waals surface area contributed by atoms with Crippen LogP contribution in [0.1, 0.15) is 22.3 Å². The topological polar surface area (TPSA) is 20.2 Å². The highest BCUT2D eigenvalue weighted by molar-refractivity contribution is 9.10. The van der Waals surface area contributed by atoms with Crippen LogP contribution in [0.15, 0.2) is 28.7 Å². The molecule has 0 aliphatic heterocycles. The molecule has 0 aliphatic carbocycles. The molecule has 0 heterocycles. The van der Waals surface area contributed by atoms with Crippen LogP contribution in [0.3, 0.4) is 0 Å². The minimum atomic E-state index is 0.361. The summed E-state index contributed by atoms with van der Waals surface area (Å²) in [5.74, 6) is 0.361. The molecule has 18 heavy (non-hydrogen) atoms. The lowest BCUT2D eigenvalue weighted by Gasteiger charge is -2.13. The fraction of sp³-hybridized carbons (Fsp3) is 0.250. The maximum atomic E-state index is 9.73. The maximum Gasteiger partial charge on any atom is 0.118 e. The van der Waals surface area contributed by atoms with Crippen molar-refractivity contribution < 1.29 is 5.11 Å². The monoisotopic (exact) mass is 304 g/mol. The van der Waals surface area contributed by atoms with Gasteiger partial charge in [-0.3, -0.25) is 0 Å². The summed E-state index contributed by atoms with van der Waals surface area (Å²) in [6.45, 7) is 8.17. The van der Waals surface area contributed by atoms with Crippen LogP contribution in [0.4, 0.5) is 0 Å². The maximum absolute atomic E-state index is 9.73. The third kappa shape index (κ3) is 2.30. The molecule has 1 N–H and O–H groups in total. The lowest BCUT2D eigenvalue weighted by molar-refractivity contribution is 0.471. The summed E-state index contributed by atoms with van der Waals surface area (Å²) in [6, 6.07) is 8.22. The highest BCUT2D eigenvalue weighted by atomic mass is 79.9. The first-order valence-corrected chi connectivity index (χ1v) is 6.76. The van der Waals surface area contributed by atoms with Crippen LogP contribution in [-0.2, 0) is 0 Å². The third-order valence-electron chi connectivity index (χ3n) is 3.34. The molecule has 0 atom stereocenters. The van der Waals surface area contributed by atoms with E-state index in [-0.39, 0.29) is 0 Å². The molecular formula is C16H17BrO. The number of benzene rings is 2. The van der Waals surface area contributed by atoms with Crippen LogP contribution in [0.25, 0.3) is 11.1 Å². The molecule has 2 heteroatoms. The molecule has 2 aromatic rings. The van der Waals surface area contributed by atoms with Crippen molar-refractivity contribution in [1.82, 2.24) is 0 Å². The molecule has 0 fully saturated rings. The fourth-order valence-corrected chi connectivity index (χ4v) is 2.55. The Bertz CT molecular complexity index is 559. The van der Waals surface area contributed by atoms with Crippen molar-refractivity contribution >= 4 is 15.9 Å². The van der Waals surface area contributed by atoms with Gasteiger partial charge in [-0.05, 0) is 79.3 Å². The highest BCUT2D eigenvalue weighted by Crippen LogP contribution is 2.34. The van der Waals surface area contributed by atoms with Gasteiger partial charge >= 0.3 is 0 Å². The predicted molar refractivity (Wildman–Crippen MR) is 80.2 cm³/mol. The summed E-state index contributed by atoms with van der Waals surface area (Å²) in [7, 11) is 0. The number of phenolic OH excluding ortho intramolecular Hbond substituents is 1. The Hall–Kier alpha value is -1.28. The Morgan fingerprint density at radius 2 is 1.28 bits per heavy atom. The van der Waals surface area contributed by atoms with Crippen molar-refractivity contribution in [2.75, 3.05) is 0 Å². The molecule has 0 bridgehead atoms. The number of phenols is 1. The Morgan fingerprint density at radius 3 is 1.94 bits per heavy atom. The zero-order valence-electron chi connectivity index (χ0n) is 11.1. The summed E-state index contributed by atoms with van der Waals surface area (Å²) in [5.41, 5.74) is 6.90. The van der Waals surface area contributed by atoms with Crippen molar-refractivity contribution in [2.24, 2.45) is 0 Å². The summed E-state index contributed by atoms with van der Waals surface area (Å²) >= 11 is 3.59. The Balaban J connectivity index is 2.69. The summed E-state index contributed by atoms with van der Waals surface area (Å²) < 4.78 is 1.12. The van der Waals surface area contributed by atoms with Crippen molar-refractivity contribution in [3.05, 3.63) is 51.0 Å². The second kappa shape index (κ2) is 4.77. The quantitative estimate of drug-likeness (QED) is 0.781. The van der Waals surface area contributed by atoms with Gasteiger partial charge in [0.25, 0.3) is 0 Å². The minimum Gasteiger partial charge on any atom is -0.508 e. The summed E-state index contributed by atoms with van der Waals surface area (Å²) in [4.78, 5) is 0. The molecule has 0 spiro atoms. The van der Waals surface area contributed by atoms with E-state index < -0.39 is 0 Å². The van der Waals surface area contributed by atoms with Crippen LogP contribution in [0.5, 0.6) is 5.75 Å². The minimum absolute atomic E-state index is 0.361. The van der Waals surface area contributed by atoms with E-state index in [1.807, 2.05) is 19.9 Å². The van der Waals surface area contributed by atoms with E-state index in [9.17, 15) is 5.11 Å². The molecule has 0 saturated heterocycles. The smallest absolute Gasteiger partial charge is 0.118 e. The second-order valence-corrected chi connectivity index (χ2v) is 5.72. The average Bonchev–Trinajstić information content (AvgIpc) is 2.29. The van der Waals surface area contributed by atoms with E-state index in [2.05, 4.69) is 48.0 Å². The highest BCUT2D eigenvalue weighted by Gasteiger charge is 2.10. The van der Waals surface area contributed by atoms with E-state index in [0.717, 1.165) is 15.6 Å². The van der Waals surface area contributed by atoms with E-state index in [4.69, 9.17) is 0 Å². The molecule has 0 aromatic heterocycles. The first kappa shape index (κ1) is 13.2. The van der Waals surface area contributed by atoms with Crippen molar-refractivity contribution in [2.45, 2.75) is 27.7 Å².